The van der Waals surface area contributed by atoms with Gasteiger partial charge in [-0.1, -0.05) is 36.4 Å². The third kappa shape index (κ3) is 2.97. The first-order chi connectivity index (χ1) is 10.3. The summed E-state index contributed by atoms with van der Waals surface area (Å²) in [4.78, 5) is 12.0. The lowest BCUT2D eigenvalue weighted by Crippen LogP contribution is -2.26. The van der Waals surface area contributed by atoms with E-state index in [0.29, 0.717) is 12.0 Å². The molecular formula is C18H16O3. The minimum absolute atomic E-state index is 0.239. The van der Waals surface area contributed by atoms with Gasteiger partial charge < -0.3 is 9.47 Å². The van der Waals surface area contributed by atoms with Crippen LogP contribution in [0.1, 0.15) is 21.5 Å². The summed E-state index contributed by atoms with van der Waals surface area (Å²) >= 11 is 0. The maximum absolute atomic E-state index is 12.0. The number of ether oxygens (including phenoxy) is 2. The predicted octanol–water partition coefficient (Wildman–Crippen LogP) is 3.49. The van der Waals surface area contributed by atoms with E-state index in [2.05, 4.69) is 0 Å². The van der Waals surface area contributed by atoms with Crippen LogP contribution in [0.5, 0.6) is 5.75 Å². The van der Waals surface area contributed by atoms with Gasteiger partial charge in [0.25, 0.3) is 0 Å². The van der Waals surface area contributed by atoms with E-state index in [1.54, 1.807) is 19.2 Å². The van der Waals surface area contributed by atoms with E-state index in [9.17, 15) is 4.79 Å². The predicted molar refractivity (Wildman–Crippen MR) is 81.4 cm³/mol. The van der Waals surface area contributed by atoms with E-state index in [1.807, 2.05) is 48.6 Å². The number of cyclic esters (lactones) is 1. The lowest BCUT2D eigenvalue weighted by molar-refractivity contribution is 0.0359. The lowest BCUT2D eigenvalue weighted by Gasteiger charge is -2.22. The molecule has 0 aliphatic carbocycles. The molecule has 0 N–H and O–H groups in total. The second-order valence-electron chi connectivity index (χ2n) is 4.94. The first-order valence-electron chi connectivity index (χ1n) is 6.87. The van der Waals surface area contributed by atoms with E-state index < -0.39 is 0 Å². The van der Waals surface area contributed by atoms with Gasteiger partial charge in [-0.2, -0.15) is 0 Å². The Kier molecular flexibility index (Phi) is 3.73. The number of benzene rings is 2. The second-order valence-corrected chi connectivity index (χ2v) is 4.94. The summed E-state index contributed by atoms with van der Waals surface area (Å²) < 4.78 is 10.7. The number of fused-ring (bicyclic) bond motifs is 1. The van der Waals surface area contributed by atoms with Crippen LogP contribution in [0.4, 0.5) is 0 Å². The van der Waals surface area contributed by atoms with Gasteiger partial charge in [0.2, 0.25) is 0 Å². The number of rotatable bonds is 3. The smallest absolute Gasteiger partial charge is 0.339 e. The van der Waals surface area contributed by atoms with Crippen molar-refractivity contribution in [2.45, 2.75) is 12.5 Å². The molecule has 1 aliphatic heterocycles. The topological polar surface area (TPSA) is 35.5 Å². The molecule has 1 atom stereocenters. The van der Waals surface area contributed by atoms with Crippen LogP contribution in [-0.4, -0.2) is 19.2 Å². The molecule has 3 nitrogen and oxygen atoms in total. The lowest BCUT2D eigenvalue weighted by atomic mass is 9.97. The van der Waals surface area contributed by atoms with Crippen molar-refractivity contribution >= 4 is 12.0 Å². The highest BCUT2D eigenvalue weighted by molar-refractivity contribution is 5.92. The highest BCUT2D eigenvalue weighted by Gasteiger charge is 2.24. The Labute approximate surface area is 123 Å². The second kappa shape index (κ2) is 5.83. The van der Waals surface area contributed by atoms with Gasteiger partial charge in [0.1, 0.15) is 11.9 Å². The fourth-order valence-electron chi connectivity index (χ4n) is 2.41. The van der Waals surface area contributed by atoms with Gasteiger partial charge >= 0.3 is 5.97 Å². The van der Waals surface area contributed by atoms with Crippen molar-refractivity contribution in [3.8, 4) is 5.75 Å². The van der Waals surface area contributed by atoms with Gasteiger partial charge in [-0.3, -0.25) is 0 Å². The maximum atomic E-state index is 12.0. The Morgan fingerprint density at radius 2 is 2.00 bits per heavy atom. The molecule has 0 fully saturated rings. The molecule has 3 rings (SSSR count). The zero-order valence-corrected chi connectivity index (χ0v) is 11.8. The Morgan fingerprint density at radius 1 is 1.19 bits per heavy atom. The number of hydrogen-bond acceptors (Lipinski definition) is 3. The van der Waals surface area contributed by atoms with Gasteiger partial charge in [0, 0.05) is 6.42 Å². The Hall–Kier alpha value is -2.55. The third-order valence-corrected chi connectivity index (χ3v) is 3.51. The Balaban J connectivity index is 1.81. The fourth-order valence-corrected chi connectivity index (χ4v) is 2.41. The Bertz CT molecular complexity index is 674. The monoisotopic (exact) mass is 280 g/mol. The quantitative estimate of drug-likeness (QED) is 0.807. The molecule has 21 heavy (non-hydrogen) atoms. The fraction of sp³-hybridized carbons (Fsp3) is 0.167. The van der Waals surface area contributed by atoms with Gasteiger partial charge in [0.05, 0.1) is 12.7 Å². The molecule has 0 radical (unpaired) electrons. The Morgan fingerprint density at radius 3 is 2.76 bits per heavy atom. The molecular weight excluding hydrogens is 264 g/mol. The third-order valence-electron chi connectivity index (χ3n) is 3.51. The minimum atomic E-state index is -0.276. The largest absolute Gasteiger partial charge is 0.497 e. The summed E-state index contributed by atoms with van der Waals surface area (Å²) in [5.41, 5.74) is 2.68. The zero-order chi connectivity index (χ0) is 14.7. The molecule has 0 saturated heterocycles. The van der Waals surface area contributed by atoms with Gasteiger partial charge in [-0.15, -0.1) is 0 Å². The van der Waals surface area contributed by atoms with Crippen molar-refractivity contribution in [2.24, 2.45) is 0 Å². The van der Waals surface area contributed by atoms with Crippen molar-refractivity contribution in [1.82, 2.24) is 0 Å². The number of hydrogen-bond donors (Lipinski definition) is 0. The SMILES string of the molecule is COc1ccc2c(c1)C[C@@H](/C=C/c1ccccc1)OC2=O. The first kappa shape index (κ1) is 13.4. The number of methoxy groups -OCH3 is 1. The van der Waals surface area contributed by atoms with E-state index in [1.165, 1.54) is 0 Å². The molecule has 1 aliphatic rings. The molecule has 0 bridgehead atoms. The summed E-state index contributed by atoms with van der Waals surface area (Å²) in [5.74, 6) is 0.482. The van der Waals surface area contributed by atoms with E-state index in [4.69, 9.17) is 9.47 Å². The van der Waals surface area contributed by atoms with Crippen LogP contribution in [0, 0.1) is 0 Å². The molecule has 1 heterocycles. The maximum Gasteiger partial charge on any atom is 0.339 e. The highest BCUT2D eigenvalue weighted by Crippen LogP contribution is 2.25. The van der Waals surface area contributed by atoms with Crippen LogP contribution >= 0.6 is 0 Å². The van der Waals surface area contributed by atoms with Crippen LogP contribution in [0.15, 0.2) is 54.6 Å². The van der Waals surface area contributed by atoms with Crippen LogP contribution in [0.3, 0.4) is 0 Å². The average Bonchev–Trinajstić information content (AvgIpc) is 2.53. The number of carbonyl (C=O) groups is 1. The summed E-state index contributed by atoms with van der Waals surface area (Å²) in [5, 5.41) is 0. The molecule has 0 spiro atoms. The molecule has 0 aromatic heterocycles. The van der Waals surface area contributed by atoms with Crippen LogP contribution in [-0.2, 0) is 11.2 Å². The molecule has 0 amide bonds. The average molecular weight is 280 g/mol. The molecule has 2 aromatic carbocycles. The van der Waals surface area contributed by atoms with Crippen molar-refractivity contribution in [3.05, 3.63) is 71.3 Å². The number of esters is 1. The molecule has 2 aromatic rings. The van der Waals surface area contributed by atoms with Gasteiger partial charge in [-0.25, -0.2) is 4.79 Å². The van der Waals surface area contributed by atoms with Gasteiger partial charge in [0.15, 0.2) is 0 Å². The van der Waals surface area contributed by atoms with Crippen LogP contribution < -0.4 is 4.74 Å². The molecule has 3 heteroatoms. The first-order valence-corrected chi connectivity index (χ1v) is 6.87. The molecule has 106 valence electrons. The van der Waals surface area contributed by atoms with E-state index in [-0.39, 0.29) is 12.1 Å². The van der Waals surface area contributed by atoms with Gasteiger partial charge in [-0.05, 0) is 35.4 Å². The molecule has 0 unspecified atom stereocenters. The summed E-state index contributed by atoms with van der Waals surface area (Å²) in [7, 11) is 1.62. The van der Waals surface area contributed by atoms with E-state index >= 15 is 0 Å². The summed E-state index contributed by atoms with van der Waals surface area (Å²) in [6.45, 7) is 0. The van der Waals surface area contributed by atoms with E-state index in [0.717, 1.165) is 16.9 Å². The van der Waals surface area contributed by atoms with Crippen LogP contribution in [0.25, 0.3) is 6.08 Å². The number of carbonyl (C=O) groups excluding carboxylic acids is 1. The summed E-state index contributed by atoms with van der Waals surface area (Å²) in [6, 6.07) is 15.4. The van der Waals surface area contributed by atoms with Crippen LogP contribution in [0.2, 0.25) is 0 Å². The standard InChI is InChI=1S/C18H16O3/c1-20-15-9-10-17-14(11-15)12-16(21-18(17)19)8-7-13-5-3-2-4-6-13/h2-11,16H,12H2,1H3/b8-7+/t16-/m1/s1. The van der Waals surface area contributed by atoms with Crippen molar-refractivity contribution in [3.63, 3.8) is 0 Å². The highest BCUT2D eigenvalue weighted by atomic mass is 16.5. The molecule has 0 saturated carbocycles. The normalized spacial score (nSPS) is 17.4. The van der Waals surface area contributed by atoms with Crippen molar-refractivity contribution in [1.29, 1.82) is 0 Å². The van der Waals surface area contributed by atoms with Crippen molar-refractivity contribution < 1.29 is 14.3 Å². The summed E-state index contributed by atoms with van der Waals surface area (Å²) in [6.07, 6.45) is 4.33. The van der Waals surface area contributed by atoms with Crippen molar-refractivity contribution in [2.75, 3.05) is 7.11 Å². The zero-order valence-electron chi connectivity index (χ0n) is 11.8. The minimum Gasteiger partial charge on any atom is -0.497 e.